The van der Waals surface area contributed by atoms with Crippen molar-refractivity contribution in [3.63, 3.8) is 0 Å². The molecule has 4 aliphatic rings. The summed E-state index contributed by atoms with van der Waals surface area (Å²) >= 11 is 7.62. The molecule has 426 valence electrons. The zero-order valence-corrected chi connectivity index (χ0v) is 48.8. The van der Waals surface area contributed by atoms with Gasteiger partial charge in [0.2, 0.25) is 25.1 Å². The highest BCUT2D eigenvalue weighted by molar-refractivity contribution is 7.23. The van der Waals surface area contributed by atoms with Gasteiger partial charge in [-0.25, -0.2) is 8.78 Å². The van der Waals surface area contributed by atoms with Crippen molar-refractivity contribution in [3.8, 4) is 34.3 Å². The van der Waals surface area contributed by atoms with Gasteiger partial charge in [0.05, 0.1) is 41.6 Å². The second kappa shape index (κ2) is 29.3. The van der Waals surface area contributed by atoms with Gasteiger partial charge < -0.3 is 45.8 Å². The Bertz CT molecular complexity index is 3110. The van der Waals surface area contributed by atoms with Crippen molar-refractivity contribution < 1.29 is 32.6 Å². The number of nitrogens with one attached hydrogen (secondary N) is 3. The van der Waals surface area contributed by atoms with Gasteiger partial charge >= 0.3 is 6.01 Å². The number of nitriles is 1. The number of halogens is 3. The van der Waals surface area contributed by atoms with E-state index in [2.05, 4.69) is 107 Å². The standard InChI is InChI=1S/C23H18BClF2N6OS.C17H31N3O3.C16H17NO.C4H10/c1-34-23-30-19-12(22(31-23)33-8-10-4-5-24(9-33)32-10)6-14(25)17(18(19)27)11-2-3-15(26)20-16(11)13(7-28)21(29)35-20;1-15-6-4-11-20(15)17(22)14-18-16(21)7-13-23-12-5-10-19-8-2-3-9-19;1-12-5-3-4-6-16(12)15-9-7-14(8-10-15)13(2)17-11-18;1-4(2)3/h2-3,6,10,32H,4-5,8-9,29H2,1H3;15H,2-14H2,1H3,(H,18,21);3-11,13H,1-2H3,(H,17,18);4H,1-3H3. The average molecular weight is 1130 g/mol. The molecule has 2 aromatic heterocycles. The number of carbonyl (C=O) groups is 3. The number of methoxy groups -OCH3 is 1. The lowest BCUT2D eigenvalue weighted by atomic mass is 9.61. The Kier molecular flexibility index (Phi) is 22.4. The van der Waals surface area contributed by atoms with Crippen LogP contribution in [0.15, 0.2) is 66.7 Å². The highest BCUT2D eigenvalue weighted by atomic mass is 35.5. The normalized spacial score (nSPS) is 17.0. The molecule has 4 aromatic carbocycles. The van der Waals surface area contributed by atoms with Crippen LogP contribution in [0.5, 0.6) is 6.01 Å². The van der Waals surface area contributed by atoms with E-state index in [0.29, 0.717) is 49.8 Å². The minimum absolute atomic E-state index is 0.0190. The van der Waals surface area contributed by atoms with Gasteiger partial charge in [0, 0.05) is 67.5 Å². The van der Waals surface area contributed by atoms with E-state index in [4.69, 9.17) is 26.8 Å². The fourth-order valence-corrected chi connectivity index (χ4v) is 11.8. The number of hydrogen-bond donors (Lipinski definition) is 4. The number of hydrogen-bond acceptors (Lipinski definition) is 13. The molecule has 2 bridgehead atoms. The summed E-state index contributed by atoms with van der Waals surface area (Å²) in [5.74, 6) is 0.0620. The van der Waals surface area contributed by atoms with E-state index in [9.17, 15) is 24.0 Å². The van der Waals surface area contributed by atoms with Gasteiger partial charge in [-0.05, 0) is 118 Å². The lowest BCUT2D eigenvalue weighted by Gasteiger charge is -2.33. The fraction of sp³-hybridized carbons (Fsp3) is 0.467. The molecule has 10 rings (SSSR count). The molecule has 0 radical (unpaired) electrons. The van der Waals surface area contributed by atoms with Gasteiger partial charge in [-0.15, -0.1) is 11.3 Å². The minimum Gasteiger partial charge on any atom is -0.467 e. The quantitative estimate of drug-likeness (QED) is 0.0408. The molecule has 0 aliphatic carbocycles. The third-order valence-electron chi connectivity index (χ3n) is 14.7. The van der Waals surface area contributed by atoms with E-state index < -0.39 is 11.6 Å². The molecular weight excluding hydrogens is 1060 g/mol. The van der Waals surface area contributed by atoms with Gasteiger partial charge in [0.1, 0.15) is 28.2 Å². The monoisotopic (exact) mass is 1130 g/mol. The molecule has 4 aliphatic heterocycles. The number of fused-ring (bicyclic) bond motifs is 4. The lowest BCUT2D eigenvalue weighted by Crippen LogP contribution is -2.54. The maximum atomic E-state index is 16.3. The summed E-state index contributed by atoms with van der Waals surface area (Å²) in [6, 6.07) is 23.6. The number of anilines is 2. The largest absolute Gasteiger partial charge is 0.467 e. The molecule has 0 spiro atoms. The molecule has 4 fully saturated rings. The first-order chi connectivity index (χ1) is 38.5. The SMILES string of the molecule is CC(C)C.CC1CCCN1C(=O)CNC(=O)CCOCCCN1CCCC1.COc1nc(N2CB3CCC(C2)N3)c2cc(Cl)c(-c3ccc(F)c4sc(N)c(C#N)c34)c(F)c2n1.Cc1ccccc1-c1ccc(C(C)NC=O)cc1. The minimum atomic E-state index is -0.700. The number of nitrogen functional groups attached to an aromatic ring is 1. The van der Waals surface area contributed by atoms with Crippen LogP contribution in [-0.4, -0.2) is 123 Å². The number of aryl methyl sites for hydroxylation is 1. The molecule has 3 amide bonds. The number of carbonyl (C=O) groups excluding carboxylic acids is 3. The molecule has 5 N–H and O–H groups in total. The van der Waals surface area contributed by atoms with Crippen LogP contribution in [0.3, 0.4) is 0 Å². The van der Waals surface area contributed by atoms with Crippen molar-refractivity contribution in [1.29, 1.82) is 5.26 Å². The highest BCUT2D eigenvalue weighted by Crippen LogP contribution is 2.46. The van der Waals surface area contributed by atoms with E-state index in [1.807, 2.05) is 30.0 Å². The summed E-state index contributed by atoms with van der Waals surface area (Å²) < 4.78 is 41.8. The smallest absolute Gasteiger partial charge is 0.318 e. The highest BCUT2D eigenvalue weighted by Gasteiger charge is 2.37. The molecule has 20 heteroatoms. The molecule has 3 atom stereocenters. The van der Waals surface area contributed by atoms with E-state index in [1.165, 1.54) is 61.9 Å². The van der Waals surface area contributed by atoms with Crippen LogP contribution in [0, 0.1) is 35.8 Å². The molecule has 0 saturated carbocycles. The number of benzene rings is 4. The zero-order valence-electron chi connectivity index (χ0n) is 47.2. The number of likely N-dealkylation sites (tertiary alicyclic amines) is 2. The molecule has 3 unspecified atom stereocenters. The third kappa shape index (κ3) is 15.7. The number of nitrogens with two attached hydrogens (primary N) is 1. The van der Waals surface area contributed by atoms with Gasteiger partial charge in [0.15, 0.2) is 5.82 Å². The Morgan fingerprint density at radius 3 is 2.41 bits per heavy atom. The number of nitrogens with zero attached hydrogens (tertiary/aromatic N) is 6. The third-order valence-corrected chi connectivity index (χ3v) is 16.0. The predicted octanol–water partition coefficient (Wildman–Crippen LogP) is 10.8. The van der Waals surface area contributed by atoms with Crippen LogP contribution in [-0.2, 0) is 19.1 Å². The second-order valence-corrected chi connectivity index (χ2v) is 23.0. The zero-order chi connectivity index (χ0) is 57.5. The maximum absolute atomic E-state index is 16.3. The number of rotatable bonds is 16. The van der Waals surface area contributed by atoms with Crippen molar-refractivity contribution in [2.45, 2.75) is 111 Å². The van der Waals surface area contributed by atoms with Crippen LogP contribution in [0.4, 0.5) is 19.6 Å². The van der Waals surface area contributed by atoms with Gasteiger partial charge in [-0.3, -0.25) is 14.4 Å². The molecule has 6 heterocycles. The van der Waals surface area contributed by atoms with E-state index in [-0.39, 0.29) is 72.7 Å². The molecule has 15 nitrogen and oxygen atoms in total. The lowest BCUT2D eigenvalue weighted by molar-refractivity contribution is -0.133. The molecular formula is C60H76BClF2N10O5S. The Morgan fingerprint density at radius 1 is 1.01 bits per heavy atom. The predicted molar refractivity (Wildman–Crippen MR) is 319 cm³/mol. The van der Waals surface area contributed by atoms with Crippen molar-refractivity contribution in [2.75, 3.05) is 76.7 Å². The summed E-state index contributed by atoms with van der Waals surface area (Å²) in [4.78, 5) is 49.4. The molecule has 6 aromatic rings. The van der Waals surface area contributed by atoms with Crippen molar-refractivity contribution in [3.05, 3.63) is 100 Å². The van der Waals surface area contributed by atoms with E-state index in [1.54, 1.807) is 6.07 Å². The Morgan fingerprint density at radius 2 is 1.75 bits per heavy atom. The Balaban J connectivity index is 0.000000178. The van der Waals surface area contributed by atoms with Crippen molar-refractivity contribution in [1.82, 2.24) is 35.6 Å². The number of thiophene rings is 1. The first-order valence-electron chi connectivity index (χ1n) is 27.9. The van der Waals surface area contributed by atoms with Crippen LogP contribution in [0.2, 0.25) is 11.3 Å². The second-order valence-electron chi connectivity index (χ2n) is 21.6. The van der Waals surface area contributed by atoms with Crippen molar-refractivity contribution in [2.24, 2.45) is 5.92 Å². The summed E-state index contributed by atoms with van der Waals surface area (Å²) in [5, 5.41) is 19.6. The first-order valence-corrected chi connectivity index (χ1v) is 29.1. The Labute approximate surface area is 479 Å². The van der Waals surface area contributed by atoms with Crippen LogP contribution >= 0.6 is 22.9 Å². The molecule has 80 heavy (non-hydrogen) atoms. The number of aromatic nitrogens is 2. The summed E-state index contributed by atoms with van der Waals surface area (Å²) in [6.45, 7) is 19.3. The van der Waals surface area contributed by atoms with Crippen LogP contribution in [0.1, 0.15) is 102 Å². The van der Waals surface area contributed by atoms with E-state index in [0.717, 1.165) is 87.3 Å². The summed E-state index contributed by atoms with van der Waals surface area (Å²) in [6.07, 6.45) is 9.71. The van der Waals surface area contributed by atoms with E-state index >= 15 is 4.39 Å². The maximum Gasteiger partial charge on any atom is 0.318 e. The first kappa shape index (κ1) is 61.2. The summed E-state index contributed by atoms with van der Waals surface area (Å²) in [5.41, 5.74) is 11.2. The van der Waals surface area contributed by atoms with Crippen LogP contribution in [0.25, 0.3) is 43.2 Å². The van der Waals surface area contributed by atoms with Gasteiger partial charge in [-0.1, -0.05) is 93.3 Å². The topological polar surface area (TPSA) is 191 Å². The summed E-state index contributed by atoms with van der Waals surface area (Å²) in [7, 11) is 1.43. The number of ether oxygens (including phenoxy) is 2. The van der Waals surface area contributed by atoms with Crippen LogP contribution < -0.4 is 31.2 Å². The van der Waals surface area contributed by atoms with Gasteiger partial charge in [0.25, 0.3) is 0 Å². The van der Waals surface area contributed by atoms with Crippen molar-refractivity contribution >= 4 is 79.8 Å². The average Bonchev–Trinajstić information content (AvgIpc) is 4.35. The van der Waals surface area contributed by atoms with Gasteiger partial charge in [-0.2, -0.15) is 15.2 Å². The fourth-order valence-electron chi connectivity index (χ4n) is 10.6. The molecule has 4 saturated heterocycles. The Hall–Kier alpha value is -6.43. The number of amides is 3.